The molecule has 4 rings (SSSR count). The molecule has 178 valence electrons. The highest BCUT2D eigenvalue weighted by Crippen LogP contribution is 2.25. The number of carbonyl (C=O) groups excluding carboxylic acids is 1. The van der Waals surface area contributed by atoms with Crippen molar-refractivity contribution >= 4 is 40.7 Å². The van der Waals surface area contributed by atoms with E-state index in [-0.39, 0.29) is 5.97 Å². The van der Waals surface area contributed by atoms with Gasteiger partial charge in [-0.15, -0.1) is 0 Å². The summed E-state index contributed by atoms with van der Waals surface area (Å²) in [6.45, 7) is 9.19. The van der Waals surface area contributed by atoms with Crippen molar-refractivity contribution in [2.75, 3.05) is 87.0 Å². The monoisotopic (exact) mass is 472 g/mol. The molecule has 1 aromatic carbocycles. The highest BCUT2D eigenvalue weighted by atomic mass is 32.2. The van der Waals surface area contributed by atoms with Crippen molar-refractivity contribution in [3.63, 3.8) is 0 Å². The third kappa shape index (κ3) is 6.49. The van der Waals surface area contributed by atoms with Crippen molar-refractivity contribution in [3.05, 3.63) is 30.3 Å². The Balaban J connectivity index is 1.39. The first-order valence-electron chi connectivity index (χ1n) is 11.4. The molecule has 0 unspecified atom stereocenters. The van der Waals surface area contributed by atoms with E-state index in [0.717, 1.165) is 75.0 Å². The Morgan fingerprint density at radius 3 is 2.45 bits per heavy atom. The number of hydrogen-bond acceptors (Lipinski definition) is 10. The van der Waals surface area contributed by atoms with Crippen LogP contribution >= 0.6 is 11.8 Å². The summed E-state index contributed by atoms with van der Waals surface area (Å²) in [7, 11) is 0. The maximum atomic E-state index is 11.8. The fourth-order valence-electron chi connectivity index (χ4n) is 3.98. The Morgan fingerprint density at radius 1 is 1.06 bits per heavy atom. The predicted octanol–water partition coefficient (Wildman–Crippen LogP) is 2.46. The van der Waals surface area contributed by atoms with E-state index in [9.17, 15) is 4.79 Å². The molecule has 3 heterocycles. The second-order valence-electron chi connectivity index (χ2n) is 7.94. The molecule has 2 saturated heterocycles. The van der Waals surface area contributed by atoms with Crippen LogP contribution in [-0.4, -0.2) is 92.7 Å². The molecule has 2 aliphatic heterocycles. The summed E-state index contributed by atoms with van der Waals surface area (Å²) in [5.74, 6) is 1.51. The maximum Gasteiger partial charge on any atom is 0.320 e. The fraction of sp³-hybridized carbons (Fsp3) is 0.522. The van der Waals surface area contributed by atoms with E-state index in [2.05, 4.69) is 49.3 Å². The summed E-state index contributed by atoms with van der Waals surface area (Å²) in [6.07, 6.45) is 1.98. The van der Waals surface area contributed by atoms with Crippen LogP contribution in [0.2, 0.25) is 0 Å². The lowest BCUT2D eigenvalue weighted by Gasteiger charge is -2.35. The van der Waals surface area contributed by atoms with Crippen LogP contribution < -0.4 is 15.1 Å². The van der Waals surface area contributed by atoms with Crippen LogP contribution in [0.1, 0.15) is 6.92 Å². The third-order valence-electron chi connectivity index (χ3n) is 5.74. The van der Waals surface area contributed by atoms with Gasteiger partial charge in [-0.1, -0.05) is 11.8 Å². The highest BCUT2D eigenvalue weighted by molar-refractivity contribution is 7.98. The molecule has 0 aliphatic carbocycles. The normalized spacial score (nSPS) is 17.2. The Morgan fingerprint density at radius 2 is 1.79 bits per heavy atom. The van der Waals surface area contributed by atoms with Gasteiger partial charge in [-0.25, -0.2) is 9.97 Å². The van der Waals surface area contributed by atoms with Gasteiger partial charge in [0, 0.05) is 56.7 Å². The number of ether oxygens (including phenoxy) is 2. The second-order valence-corrected chi connectivity index (χ2v) is 8.71. The molecule has 0 radical (unpaired) electrons. The number of nitrogens with zero attached hydrogens (tertiary/aromatic N) is 5. The first-order valence-corrected chi connectivity index (χ1v) is 12.6. The molecule has 0 spiro atoms. The number of anilines is 4. The lowest BCUT2D eigenvalue weighted by molar-refractivity contribution is -0.144. The number of morpholine rings is 1. The lowest BCUT2D eigenvalue weighted by Crippen LogP contribution is -2.48. The van der Waals surface area contributed by atoms with Crippen LogP contribution in [0.5, 0.6) is 0 Å². The number of hydrogen-bond donors (Lipinski definition) is 1. The summed E-state index contributed by atoms with van der Waals surface area (Å²) in [5, 5.41) is 4.16. The third-order valence-corrected chi connectivity index (χ3v) is 6.29. The van der Waals surface area contributed by atoms with Gasteiger partial charge in [0.15, 0.2) is 5.16 Å². The standard InChI is InChI=1S/C23H32N6O3S/c1-3-32-22(30)17-27-8-10-29(11-9-27)21-16-20(25-23(26-21)33-2)24-18-4-6-19(7-5-18)28-12-14-31-15-13-28/h4-7,16H,3,8-15,17H2,1-2H3,(H,24,25,26). The summed E-state index contributed by atoms with van der Waals surface area (Å²) in [5.41, 5.74) is 2.20. The molecule has 33 heavy (non-hydrogen) atoms. The van der Waals surface area contributed by atoms with Gasteiger partial charge >= 0.3 is 5.97 Å². The van der Waals surface area contributed by atoms with Crippen molar-refractivity contribution in [1.82, 2.24) is 14.9 Å². The van der Waals surface area contributed by atoms with Gasteiger partial charge in [0.25, 0.3) is 0 Å². The van der Waals surface area contributed by atoms with E-state index >= 15 is 0 Å². The maximum absolute atomic E-state index is 11.8. The second kappa shape index (κ2) is 11.5. The molecule has 10 heteroatoms. The minimum Gasteiger partial charge on any atom is -0.465 e. The molecule has 0 bridgehead atoms. The van der Waals surface area contributed by atoms with Crippen molar-refractivity contribution in [3.8, 4) is 0 Å². The zero-order chi connectivity index (χ0) is 23.0. The number of rotatable bonds is 8. The molecule has 9 nitrogen and oxygen atoms in total. The number of nitrogens with one attached hydrogen (secondary N) is 1. The van der Waals surface area contributed by atoms with Crippen molar-refractivity contribution in [2.45, 2.75) is 12.1 Å². The molecule has 1 N–H and O–H groups in total. The minimum atomic E-state index is -0.163. The van der Waals surface area contributed by atoms with Crippen molar-refractivity contribution < 1.29 is 14.3 Å². The first kappa shape index (κ1) is 23.6. The minimum absolute atomic E-state index is 0.163. The van der Waals surface area contributed by atoms with Crippen LogP contribution in [0.3, 0.4) is 0 Å². The molecular weight excluding hydrogens is 440 g/mol. The molecule has 2 aromatic rings. The zero-order valence-electron chi connectivity index (χ0n) is 19.3. The van der Waals surface area contributed by atoms with E-state index in [1.165, 1.54) is 17.4 Å². The number of benzene rings is 1. The van der Waals surface area contributed by atoms with Gasteiger partial charge in [-0.3, -0.25) is 9.69 Å². The van der Waals surface area contributed by atoms with Crippen LogP contribution in [0.15, 0.2) is 35.5 Å². The Bertz CT molecular complexity index is 915. The first-order chi connectivity index (χ1) is 16.1. The molecule has 0 amide bonds. The van der Waals surface area contributed by atoms with Crippen LogP contribution in [0.4, 0.5) is 23.0 Å². The van der Waals surface area contributed by atoms with Gasteiger partial charge in [0.2, 0.25) is 0 Å². The van der Waals surface area contributed by atoms with Gasteiger partial charge in [0.05, 0.1) is 26.4 Å². The molecule has 0 atom stereocenters. The Labute approximate surface area is 199 Å². The van der Waals surface area contributed by atoms with E-state index < -0.39 is 0 Å². The highest BCUT2D eigenvalue weighted by Gasteiger charge is 2.21. The quantitative estimate of drug-likeness (QED) is 0.351. The van der Waals surface area contributed by atoms with Gasteiger partial charge in [-0.05, 0) is 37.4 Å². The number of thioether (sulfide) groups is 1. The van der Waals surface area contributed by atoms with E-state index in [1.807, 2.05) is 19.2 Å². The average Bonchev–Trinajstić information content (AvgIpc) is 2.85. The van der Waals surface area contributed by atoms with Crippen LogP contribution in [0, 0.1) is 0 Å². The summed E-state index contributed by atoms with van der Waals surface area (Å²) in [4.78, 5) is 27.8. The summed E-state index contributed by atoms with van der Waals surface area (Å²) in [6, 6.07) is 10.4. The number of carbonyl (C=O) groups is 1. The lowest BCUT2D eigenvalue weighted by atomic mass is 10.2. The van der Waals surface area contributed by atoms with Gasteiger partial charge in [0.1, 0.15) is 11.6 Å². The van der Waals surface area contributed by atoms with Crippen LogP contribution in [-0.2, 0) is 14.3 Å². The van der Waals surface area contributed by atoms with E-state index in [0.29, 0.717) is 13.2 Å². The van der Waals surface area contributed by atoms with E-state index in [4.69, 9.17) is 14.5 Å². The average molecular weight is 473 g/mol. The smallest absolute Gasteiger partial charge is 0.320 e. The topological polar surface area (TPSA) is 83.1 Å². The number of aromatic nitrogens is 2. The van der Waals surface area contributed by atoms with Gasteiger partial charge < -0.3 is 24.6 Å². The summed E-state index contributed by atoms with van der Waals surface area (Å²) < 4.78 is 10.5. The number of piperazine rings is 1. The zero-order valence-corrected chi connectivity index (χ0v) is 20.1. The largest absolute Gasteiger partial charge is 0.465 e. The van der Waals surface area contributed by atoms with Crippen molar-refractivity contribution in [1.29, 1.82) is 0 Å². The number of esters is 1. The molecule has 0 saturated carbocycles. The van der Waals surface area contributed by atoms with Crippen molar-refractivity contribution in [2.24, 2.45) is 0 Å². The molecule has 2 fully saturated rings. The molecular formula is C23H32N6O3S. The Hall–Kier alpha value is -2.56. The Kier molecular flexibility index (Phi) is 8.25. The molecule has 1 aromatic heterocycles. The predicted molar refractivity (Wildman–Crippen MR) is 132 cm³/mol. The SMILES string of the molecule is CCOC(=O)CN1CCN(c2cc(Nc3ccc(N4CCOCC4)cc3)nc(SC)n2)CC1. The van der Waals surface area contributed by atoms with Gasteiger partial charge in [-0.2, -0.15) is 0 Å². The molecule has 2 aliphatic rings. The summed E-state index contributed by atoms with van der Waals surface area (Å²) >= 11 is 1.53. The fourth-order valence-corrected chi connectivity index (χ4v) is 4.35. The van der Waals surface area contributed by atoms with Crippen LogP contribution in [0.25, 0.3) is 0 Å². The van der Waals surface area contributed by atoms with E-state index in [1.54, 1.807) is 0 Å².